The summed E-state index contributed by atoms with van der Waals surface area (Å²) in [5.74, 6) is 1.17. The maximum atomic E-state index is 13.2. The molecule has 36 heavy (non-hydrogen) atoms. The Morgan fingerprint density at radius 1 is 1.11 bits per heavy atom. The third-order valence-corrected chi connectivity index (χ3v) is 7.11. The molecule has 0 fully saturated rings. The van der Waals surface area contributed by atoms with Crippen molar-refractivity contribution in [3.63, 3.8) is 0 Å². The molecule has 0 atom stereocenters. The molecule has 4 aromatic rings. The third-order valence-electron chi connectivity index (χ3n) is 5.97. The largest absolute Gasteiger partial charge is 0.492 e. The summed E-state index contributed by atoms with van der Waals surface area (Å²) >= 11 is 8.71. The minimum atomic E-state index is -0.266. The fraction of sp³-hybridized carbons (Fsp3) is 0.308. The molecule has 0 aliphatic carbocycles. The van der Waals surface area contributed by atoms with E-state index in [2.05, 4.69) is 61.6 Å². The number of nitrogens with zero attached hydrogens (tertiary/aromatic N) is 5. The van der Waals surface area contributed by atoms with Crippen LogP contribution in [0.3, 0.4) is 0 Å². The highest BCUT2D eigenvalue weighted by molar-refractivity contribution is 14.1. The quantitative estimate of drug-likeness (QED) is 0.187. The summed E-state index contributed by atoms with van der Waals surface area (Å²) in [4.78, 5) is 29.1. The highest BCUT2D eigenvalue weighted by Gasteiger charge is 2.18. The highest BCUT2D eigenvalue weighted by Crippen LogP contribution is 2.30. The number of nitrogens with one attached hydrogen (secondary N) is 1. The maximum absolute atomic E-state index is 13.2. The van der Waals surface area contributed by atoms with Crippen LogP contribution in [0, 0.1) is 0 Å². The first kappa shape index (κ1) is 26.3. The predicted octanol–water partition coefficient (Wildman–Crippen LogP) is 5.44. The SMILES string of the molecule is CCN(CC)CCOc1ccc(Nc2ncc3nc(-c4c(Cl)cccc4CI)c(=O)n(C)c3n2)cc1. The fourth-order valence-electron chi connectivity index (χ4n) is 3.88. The number of benzene rings is 2. The van der Waals surface area contributed by atoms with Crippen molar-refractivity contribution in [2.24, 2.45) is 7.05 Å². The summed E-state index contributed by atoms with van der Waals surface area (Å²) in [6.45, 7) is 7.84. The van der Waals surface area contributed by atoms with E-state index < -0.39 is 0 Å². The van der Waals surface area contributed by atoms with Gasteiger partial charge in [-0.1, -0.05) is 60.2 Å². The van der Waals surface area contributed by atoms with Crippen molar-refractivity contribution < 1.29 is 4.74 Å². The summed E-state index contributed by atoms with van der Waals surface area (Å²) in [5, 5.41) is 3.68. The molecule has 0 saturated heterocycles. The first-order valence-corrected chi connectivity index (χ1v) is 13.6. The standard InChI is InChI=1S/C26H28ClIN6O2/c1-4-34(5-2)13-14-36-19-11-9-18(10-12-19)30-26-29-16-21-24(32-26)33(3)25(35)23(31-21)22-17(15-28)7-6-8-20(22)27/h6-12,16H,4-5,13-15H2,1-3H3,(H,29,30,32). The zero-order valence-electron chi connectivity index (χ0n) is 20.5. The molecule has 0 spiro atoms. The van der Waals surface area contributed by atoms with E-state index in [1.54, 1.807) is 19.3 Å². The monoisotopic (exact) mass is 618 g/mol. The zero-order valence-corrected chi connectivity index (χ0v) is 23.4. The number of fused-ring (bicyclic) bond motifs is 1. The molecule has 0 amide bonds. The molecule has 4 rings (SSSR count). The molecule has 0 unspecified atom stereocenters. The Morgan fingerprint density at radius 2 is 1.86 bits per heavy atom. The number of alkyl halides is 1. The summed E-state index contributed by atoms with van der Waals surface area (Å²) in [6.07, 6.45) is 1.61. The lowest BCUT2D eigenvalue weighted by molar-refractivity contribution is 0.223. The lowest BCUT2D eigenvalue weighted by Crippen LogP contribution is -2.27. The van der Waals surface area contributed by atoms with Crippen molar-refractivity contribution in [1.29, 1.82) is 0 Å². The van der Waals surface area contributed by atoms with Gasteiger partial charge in [-0.3, -0.25) is 9.36 Å². The normalized spacial score (nSPS) is 11.3. The number of anilines is 2. The Hall–Kier alpha value is -2.76. The lowest BCUT2D eigenvalue weighted by atomic mass is 10.1. The van der Waals surface area contributed by atoms with Crippen LogP contribution in [0.2, 0.25) is 5.02 Å². The molecular weight excluding hydrogens is 591 g/mol. The molecule has 0 bridgehead atoms. The van der Waals surface area contributed by atoms with Gasteiger partial charge in [0.15, 0.2) is 5.65 Å². The Bertz CT molecular complexity index is 1410. The number of aromatic nitrogens is 4. The first-order valence-electron chi connectivity index (χ1n) is 11.7. The molecule has 8 nitrogen and oxygen atoms in total. The molecule has 188 valence electrons. The number of hydrogen-bond donors (Lipinski definition) is 1. The first-order chi connectivity index (χ1) is 17.4. The van der Waals surface area contributed by atoms with Gasteiger partial charge in [0.2, 0.25) is 5.95 Å². The van der Waals surface area contributed by atoms with E-state index in [1.165, 1.54) is 4.57 Å². The molecule has 2 aromatic carbocycles. The summed E-state index contributed by atoms with van der Waals surface area (Å²) < 4.78 is 8.04. The molecule has 10 heteroatoms. The van der Waals surface area contributed by atoms with E-state index in [0.29, 0.717) is 44.4 Å². The lowest BCUT2D eigenvalue weighted by Gasteiger charge is -2.18. The number of likely N-dealkylation sites (N-methyl/N-ethyl adjacent to an activating group) is 1. The number of ether oxygens (including phenoxy) is 1. The molecule has 0 aliphatic rings. The summed E-state index contributed by atoms with van der Waals surface area (Å²) in [7, 11) is 1.68. The molecule has 2 aromatic heterocycles. The molecule has 0 radical (unpaired) electrons. The summed E-state index contributed by atoms with van der Waals surface area (Å²) in [6, 6.07) is 13.2. The van der Waals surface area contributed by atoms with Crippen molar-refractivity contribution in [3.8, 4) is 17.0 Å². The van der Waals surface area contributed by atoms with E-state index in [1.807, 2.05) is 36.4 Å². The van der Waals surface area contributed by atoms with Gasteiger partial charge in [-0.25, -0.2) is 9.97 Å². The zero-order chi connectivity index (χ0) is 25.7. The fourth-order valence-corrected chi connectivity index (χ4v) is 4.80. The van der Waals surface area contributed by atoms with Crippen LogP contribution in [0.25, 0.3) is 22.4 Å². The van der Waals surface area contributed by atoms with Gasteiger partial charge in [-0.15, -0.1) is 0 Å². The van der Waals surface area contributed by atoms with Gasteiger partial charge in [-0.05, 0) is 49.0 Å². The Morgan fingerprint density at radius 3 is 2.56 bits per heavy atom. The predicted molar refractivity (Wildman–Crippen MR) is 154 cm³/mol. The van der Waals surface area contributed by atoms with Crippen molar-refractivity contribution in [2.45, 2.75) is 18.3 Å². The van der Waals surface area contributed by atoms with E-state index in [-0.39, 0.29) is 5.56 Å². The number of hydrogen-bond acceptors (Lipinski definition) is 7. The average molecular weight is 619 g/mol. The topological polar surface area (TPSA) is 85.2 Å². The molecule has 2 heterocycles. The van der Waals surface area contributed by atoms with Crippen molar-refractivity contribution in [3.05, 3.63) is 69.6 Å². The van der Waals surface area contributed by atoms with Crippen LogP contribution in [-0.2, 0) is 11.5 Å². The van der Waals surface area contributed by atoms with Crippen LogP contribution in [0.4, 0.5) is 11.6 Å². The third kappa shape index (κ3) is 5.79. The Balaban J connectivity index is 1.55. The Labute approximate surface area is 228 Å². The number of aryl methyl sites for hydroxylation is 1. The Kier molecular flexibility index (Phi) is 8.76. The van der Waals surface area contributed by atoms with Gasteiger partial charge in [0.05, 0.1) is 11.2 Å². The van der Waals surface area contributed by atoms with E-state index >= 15 is 0 Å². The van der Waals surface area contributed by atoms with Crippen molar-refractivity contribution in [2.75, 3.05) is 31.6 Å². The van der Waals surface area contributed by atoms with Gasteiger partial charge in [0.1, 0.15) is 23.6 Å². The second-order valence-corrected chi connectivity index (χ2v) is 9.33. The molecule has 0 aliphatic heterocycles. The molecule has 1 N–H and O–H groups in total. The highest BCUT2D eigenvalue weighted by atomic mass is 127. The van der Waals surface area contributed by atoms with Gasteiger partial charge < -0.3 is 15.0 Å². The molecule has 0 saturated carbocycles. The van der Waals surface area contributed by atoms with Gasteiger partial charge in [0, 0.05) is 29.3 Å². The smallest absolute Gasteiger partial charge is 0.278 e. The van der Waals surface area contributed by atoms with Crippen LogP contribution in [0.15, 0.2) is 53.5 Å². The number of rotatable bonds is 10. The van der Waals surface area contributed by atoms with E-state index in [9.17, 15) is 4.79 Å². The van der Waals surface area contributed by atoms with Crippen molar-refractivity contribution in [1.82, 2.24) is 24.4 Å². The second-order valence-electron chi connectivity index (χ2n) is 8.16. The minimum Gasteiger partial charge on any atom is -0.492 e. The van der Waals surface area contributed by atoms with Crippen LogP contribution in [0.5, 0.6) is 5.75 Å². The van der Waals surface area contributed by atoms with Crippen molar-refractivity contribution >= 4 is 57.0 Å². The van der Waals surface area contributed by atoms with Gasteiger partial charge in [-0.2, -0.15) is 4.98 Å². The van der Waals surface area contributed by atoms with E-state index in [4.69, 9.17) is 16.3 Å². The van der Waals surface area contributed by atoms with Gasteiger partial charge >= 0.3 is 0 Å². The minimum absolute atomic E-state index is 0.266. The second kappa shape index (κ2) is 12.0. The van der Waals surface area contributed by atoms with Crippen LogP contribution < -0.4 is 15.6 Å². The molecular formula is C26H28ClIN6O2. The summed E-state index contributed by atoms with van der Waals surface area (Å²) in [5.41, 5.74) is 3.38. The van der Waals surface area contributed by atoms with Crippen LogP contribution >= 0.6 is 34.2 Å². The van der Waals surface area contributed by atoms with E-state index in [0.717, 1.165) is 36.6 Å². The van der Waals surface area contributed by atoms with Gasteiger partial charge in [0.25, 0.3) is 5.56 Å². The number of halogens is 2. The maximum Gasteiger partial charge on any atom is 0.278 e. The van der Waals surface area contributed by atoms with Crippen LogP contribution in [-0.4, -0.2) is 50.7 Å². The van der Waals surface area contributed by atoms with Crippen LogP contribution in [0.1, 0.15) is 19.4 Å². The average Bonchev–Trinajstić information content (AvgIpc) is 2.90.